The molecule has 1 aromatic heterocycles. The first-order chi connectivity index (χ1) is 15.0. The van der Waals surface area contributed by atoms with Gasteiger partial charge in [-0.2, -0.15) is 15.1 Å². The summed E-state index contributed by atoms with van der Waals surface area (Å²) in [5.74, 6) is -0.327. The zero-order valence-electron chi connectivity index (χ0n) is 17.5. The molecule has 154 valence electrons. The highest BCUT2D eigenvalue weighted by atomic mass is 32.2. The quantitative estimate of drug-likeness (QED) is 0.578. The number of amidine groups is 2. The fourth-order valence-corrected chi connectivity index (χ4v) is 4.86. The van der Waals surface area contributed by atoms with Gasteiger partial charge in [0.15, 0.2) is 5.84 Å². The van der Waals surface area contributed by atoms with Gasteiger partial charge in [0.2, 0.25) is 5.17 Å². The predicted octanol–water partition coefficient (Wildman–Crippen LogP) is 5.28. The molecule has 31 heavy (non-hydrogen) atoms. The highest BCUT2D eigenvalue weighted by molar-refractivity contribution is 8.26. The normalized spacial score (nSPS) is 17.4. The monoisotopic (exact) mass is 427 g/mol. The van der Waals surface area contributed by atoms with Gasteiger partial charge in [0.1, 0.15) is 5.04 Å². The number of benzene rings is 2. The Morgan fingerprint density at radius 1 is 1.13 bits per heavy atom. The standard InChI is InChI=1S/C24H21N5OS/c1-4-21-27-29-22(25)19(23(30)26-24(29)31-21)13-17-12-14(2)28(15(17)3)20-11-7-9-16-8-5-6-10-18(16)20/h5-13,25H,4H2,1-3H3/b19-13+,25-22?. The average Bonchev–Trinajstić information content (AvgIpc) is 3.31. The molecule has 2 aliphatic heterocycles. The maximum Gasteiger partial charge on any atom is 0.283 e. The van der Waals surface area contributed by atoms with E-state index < -0.39 is 5.91 Å². The van der Waals surface area contributed by atoms with Crippen LogP contribution in [0.25, 0.3) is 22.5 Å². The summed E-state index contributed by atoms with van der Waals surface area (Å²) in [5.41, 5.74) is 4.30. The summed E-state index contributed by atoms with van der Waals surface area (Å²) in [5, 5.41) is 18.1. The molecule has 0 radical (unpaired) electrons. The zero-order chi connectivity index (χ0) is 21.7. The van der Waals surface area contributed by atoms with Crippen molar-refractivity contribution in [3.63, 3.8) is 0 Å². The SMILES string of the molecule is CCC1=NN2C(=N)/C(=C\c3cc(C)n(-c4cccc5ccccc45)c3C)C(=O)N=C2S1. The molecule has 0 unspecified atom stereocenters. The van der Waals surface area contributed by atoms with Crippen LogP contribution in [0.1, 0.15) is 30.3 Å². The Kier molecular flexibility index (Phi) is 4.63. The van der Waals surface area contributed by atoms with Crippen molar-refractivity contribution < 1.29 is 4.79 Å². The van der Waals surface area contributed by atoms with Crippen LogP contribution < -0.4 is 0 Å². The van der Waals surface area contributed by atoms with Crippen molar-refractivity contribution >= 4 is 50.6 Å². The van der Waals surface area contributed by atoms with E-state index in [1.54, 1.807) is 6.08 Å². The van der Waals surface area contributed by atoms with Gasteiger partial charge in [-0.15, -0.1) is 0 Å². The third kappa shape index (κ3) is 3.13. The average molecular weight is 428 g/mol. The lowest BCUT2D eigenvalue weighted by Crippen LogP contribution is -2.35. The van der Waals surface area contributed by atoms with E-state index in [1.807, 2.05) is 32.0 Å². The van der Waals surface area contributed by atoms with Crippen LogP contribution in [0.2, 0.25) is 0 Å². The molecule has 0 bridgehead atoms. The van der Waals surface area contributed by atoms with Crippen LogP contribution in [0.15, 0.2) is 64.2 Å². The Morgan fingerprint density at radius 3 is 2.71 bits per heavy atom. The summed E-state index contributed by atoms with van der Waals surface area (Å²) in [6, 6.07) is 16.6. The first-order valence-electron chi connectivity index (χ1n) is 10.1. The van der Waals surface area contributed by atoms with Crippen molar-refractivity contribution in [2.24, 2.45) is 10.1 Å². The molecular weight excluding hydrogens is 406 g/mol. The van der Waals surface area contributed by atoms with E-state index in [9.17, 15) is 4.79 Å². The van der Waals surface area contributed by atoms with Crippen LogP contribution in [0.3, 0.4) is 0 Å². The van der Waals surface area contributed by atoms with E-state index in [2.05, 4.69) is 51.9 Å². The molecule has 1 N–H and O–H groups in total. The van der Waals surface area contributed by atoms with E-state index in [0.717, 1.165) is 39.5 Å². The van der Waals surface area contributed by atoms with Crippen LogP contribution in [0, 0.1) is 19.3 Å². The lowest BCUT2D eigenvalue weighted by atomic mass is 10.1. The van der Waals surface area contributed by atoms with Gasteiger partial charge >= 0.3 is 0 Å². The minimum atomic E-state index is -0.397. The summed E-state index contributed by atoms with van der Waals surface area (Å²) >= 11 is 1.35. The number of nitrogens with one attached hydrogen (secondary N) is 1. The topological polar surface area (TPSA) is 73.8 Å². The third-order valence-electron chi connectivity index (χ3n) is 5.58. The lowest BCUT2D eigenvalue weighted by molar-refractivity contribution is -0.114. The second-order valence-corrected chi connectivity index (χ2v) is 8.57. The molecular formula is C24H21N5OS. The summed E-state index contributed by atoms with van der Waals surface area (Å²) in [6.45, 7) is 6.08. The van der Waals surface area contributed by atoms with Gasteiger partial charge in [-0.1, -0.05) is 43.3 Å². The van der Waals surface area contributed by atoms with Crippen molar-refractivity contribution in [3.05, 3.63) is 71.1 Å². The number of amides is 1. The number of aliphatic imine (C=N–C) groups is 1. The number of rotatable bonds is 3. The third-order valence-corrected chi connectivity index (χ3v) is 6.63. The molecule has 3 aromatic rings. The number of aromatic nitrogens is 1. The molecule has 0 spiro atoms. The fraction of sp³-hybridized carbons (Fsp3) is 0.167. The van der Waals surface area contributed by atoms with Gasteiger partial charge in [-0.25, -0.2) is 0 Å². The van der Waals surface area contributed by atoms with Crippen LogP contribution >= 0.6 is 11.8 Å². The highest BCUT2D eigenvalue weighted by Crippen LogP contribution is 2.31. The predicted molar refractivity (Wildman–Crippen MR) is 128 cm³/mol. The number of aryl methyl sites for hydroxylation is 1. The zero-order valence-corrected chi connectivity index (χ0v) is 18.3. The summed E-state index contributed by atoms with van der Waals surface area (Å²) in [6.07, 6.45) is 2.51. The molecule has 7 heteroatoms. The molecule has 2 aliphatic rings. The van der Waals surface area contributed by atoms with Gasteiger partial charge in [-0.3, -0.25) is 10.2 Å². The Morgan fingerprint density at radius 2 is 1.90 bits per heavy atom. The molecule has 0 saturated heterocycles. The molecule has 2 aromatic carbocycles. The van der Waals surface area contributed by atoms with Gasteiger partial charge < -0.3 is 4.57 Å². The van der Waals surface area contributed by atoms with Crippen molar-refractivity contribution in [2.75, 3.05) is 0 Å². The number of fused-ring (bicyclic) bond motifs is 2. The Labute approximate surface area is 184 Å². The van der Waals surface area contributed by atoms with Gasteiger partial charge in [0, 0.05) is 16.8 Å². The number of hydrogen-bond donors (Lipinski definition) is 1. The Bertz CT molecular complexity index is 1360. The molecule has 0 aliphatic carbocycles. The second-order valence-electron chi connectivity index (χ2n) is 7.53. The van der Waals surface area contributed by atoms with Crippen molar-refractivity contribution in [1.82, 2.24) is 9.58 Å². The van der Waals surface area contributed by atoms with Crippen molar-refractivity contribution in [2.45, 2.75) is 27.2 Å². The second kappa shape index (κ2) is 7.35. The van der Waals surface area contributed by atoms with Crippen molar-refractivity contribution in [3.8, 4) is 5.69 Å². The van der Waals surface area contributed by atoms with E-state index in [1.165, 1.54) is 22.2 Å². The van der Waals surface area contributed by atoms with Crippen LogP contribution in [-0.2, 0) is 4.79 Å². The van der Waals surface area contributed by atoms with Crippen molar-refractivity contribution in [1.29, 1.82) is 5.41 Å². The molecule has 6 nitrogen and oxygen atoms in total. The number of carbonyl (C=O) groups excluding carboxylic acids is 1. The molecule has 1 amide bonds. The first-order valence-corrected chi connectivity index (χ1v) is 11.0. The van der Waals surface area contributed by atoms with Crippen LogP contribution in [0.5, 0.6) is 0 Å². The molecule has 3 heterocycles. The lowest BCUT2D eigenvalue weighted by Gasteiger charge is -2.20. The summed E-state index contributed by atoms with van der Waals surface area (Å²) in [4.78, 5) is 16.9. The van der Waals surface area contributed by atoms with Crippen LogP contribution in [0.4, 0.5) is 0 Å². The van der Waals surface area contributed by atoms with Gasteiger partial charge in [-0.05, 0) is 61.2 Å². The number of nitrogens with zero attached hydrogens (tertiary/aromatic N) is 4. The molecule has 0 saturated carbocycles. The van der Waals surface area contributed by atoms with E-state index in [0.29, 0.717) is 5.17 Å². The molecule has 0 fully saturated rings. The van der Waals surface area contributed by atoms with Crippen LogP contribution in [-0.4, -0.2) is 31.5 Å². The van der Waals surface area contributed by atoms with E-state index >= 15 is 0 Å². The number of carbonyl (C=O) groups is 1. The Balaban J connectivity index is 1.61. The minimum absolute atomic E-state index is 0.0703. The fourth-order valence-electron chi connectivity index (χ4n) is 4.04. The first kappa shape index (κ1) is 19.5. The van der Waals surface area contributed by atoms with E-state index in [4.69, 9.17) is 5.41 Å². The minimum Gasteiger partial charge on any atom is -0.317 e. The largest absolute Gasteiger partial charge is 0.317 e. The molecule has 5 rings (SSSR count). The number of hydrogen-bond acceptors (Lipinski definition) is 4. The summed E-state index contributed by atoms with van der Waals surface area (Å²) in [7, 11) is 0. The van der Waals surface area contributed by atoms with Gasteiger partial charge in [0.25, 0.3) is 5.91 Å². The highest BCUT2D eigenvalue weighted by Gasteiger charge is 2.35. The van der Waals surface area contributed by atoms with Gasteiger partial charge in [0.05, 0.1) is 11.3 Å². The summed E-state index contributed by atoms with van der Waals surface area (Å²) < 4.78 is 2.19. The number of hydrazone groups is 1. The Hall–Kier alpha value is -3.45. The number of thioether (sulfide) groups is 1. The smallest absolute Gasteiger partial charge is 0.283 e. The molecule has 0 atom stereocenters. The van der Waals surface area contributed by atoms with E-state index in [-0.39, 0.29) is 11.4 Å². The maximum atomic E-state index is 12.7. The maximum absolute atomic E-state index is 12.7.